The largest absolute Gasteiger partial charge is 0.490 e. The van der Waals surface area contributed by atoms with Gasteiger partial charge in [-0.3, -0.25) is 9.78 Å². The number of aliphatic hydroxyl groups is 1. The maximum Gasteiger partial charge on any atom is 0.490 e. The average molecular weight is 801 g/mol. The second-order valence-corrected chi connectivity index (χ2v) is 14.3. The van der Waals surface area contributed by atoms with E-state index in [1.54, 1.807) is 25.4 Å². The summed E-state index contributed by atoms with van der Waals surface area (Å²) in [5.74, 6) is -2.45. The maximum atomic E-state index is 13.5. The molecule has 5 aromatic rings. The molecule has 0 radical (unpaired) electrons. The fourth-order valence-corrected chi connectivity index (χ4v) is 7.45. The van der Waals surface area contributed by atoms with Gasteiger partial charge in [0.05, 0.1) is 18.4 Å². The monoisotopic (exact) mass is 800 g/mol. The van der Waals surface area contributed by atoms with Crippen LogP contribution in [0.2, 0.25) is 0 Å². The molecule has 0 unspecified atom stereocenters. The van der Waals surface area contributed by atoms with Crippen molar-refractivity contribution in [3.8, 4) is 0 Å². The number of imidazole rings is 1. The van der Waals surface area contributed by atoms with Crippen LogP contribution in [0.1, 0.15) is 54.8 Å². The molecular weight excluding hydrogens is 757 g/mol. The Labute approximate surface area is 331 Å². The first-order valence-corrected chi connectivity index (χ1v) is 19.0. The summed E-state index contributed by atoms with van der Waals surface area (Å²) in [6, 6.07) is 20.7. The van der Waals surface area contributed by atoms with E-state index in [-0.39, 0.29) is 47.9 Å². The number of nitrogens with zero attached hydrogens (tertiary/aromatic N) is 6. The number of nitrogens with one attached hydrogen (secondary N) is 4. The number of fused-ring (bicyclic) bond motifs is 1. The lowest BCUT2D eigenvalue weighted by molar-refractivity contribution is -0.209. The van der Waals surface area contributed by atoms with Gasteiger partial charge in [0.25, 0.3) is 0 Å². The SMILES string of the molecule is CCC(=O)N[C@H]1C[C@@H](n2cnc3c(NCC(c4ccccc4)c4ccccc4)nc(N4CC[C@@H](NC(=O)NCc5cccnc5)C4)nc32)[C@H](OC(=O)C(F)(F)F)[C@@H]1O. The van der Waals surface area contributed by atoms with Gasteiger partial charge in [-0.2, -0.15) is 23.1 Å². The molecule has 5 atom stereocenters. The zero-order valence-electron chi connectivity index (χ0n) is 31.5. The molecule has 18 heteroatoms. The molecule has 7 rings (SSSR count). The van der Waals surface area contributed by atoms with Crippen molar-refractivity contribution < 1.29 is 37.4 Å². The number of esters is 1. The molecule has 1 aliphatic heterocycles. The fraction of sp³-hybridized carbons (Fsp3) is 0.375. The number of hydrogen-bond donors (Lipinski definition) is 5. The summed E-state index contributed by atoms with van der Waals surface area (Å²) >= 11 is 0. The minimum atomic E-state index is -5.33. The molecule has 1 saturated carbocycles. The second-order valence-electron chi connectivity index (χ2n) is 14.3. The molecule has 58 heavy (non-hydrogen) atoms. The summed E-state index contributed by atoms with van der Waals surface area (Å²) < 4.78 is 46.9. The fourth-order valence-electron chi connectivity index (χ4n) is 7.45. The molecular formula is C40H43F3N10O5. The first-order chi connectivity index (χ1) is 28.0. The number of carbonyl (C=O) groups is 3. The van der Waals surface area contributed by atoms with E-state index in [9.17, 15) is 32.7 Å². The van der Waals surface area contributed by atoms with E-state index >= 15 is 0 Å². The summed E-state index contributed by atoms with van der Waals surface area (Å²) in [5, 5.41) is 23.1. The van der Waals surface area contributed by atoms with Crippen LogP contribution in [0.15, 0.2) is 91.5 Å². The normalized spacial score (nSPS) is 20.6. The zero-order valence-corrected chi connectivity index (χ0v) is 31.5. The highest BCUT2D eigenvalue weighted by Gasteiger charge is 2.51. The van der Waals surface area contributed by atoms with Crippen LogP contribution in [0.5, 0.6) is 0 Å². The van der Waals surface area contributed by atoms with Crippen molar-refractivity contribution in [2.75, 3.05) is 29.9 Å². The zero-order chi connectivity index (χ0) is 40.8. The molecule has 2 aliphatic rings. The molecule has 5 N–H and O–H groups in total. The van der Waals surface area contributed by atoms with Crippen LogP contribution in [-0.4, -0.2) is 97.6 Å². The Hall–Kier alpha value is -6.30. The highest BCUT2D eigenvalue weighted by molar-refractivity contribution is 5.85. The van der Waals surface area contributed by atoms with Gasteiger partial charge in [-0.05, 0) is 35.6 Å². The molecule has 1 aliphatic carbocycles. The van der Waals surface area contributed by atoms with Crippen molar-refractivity contribution in [1.29, 1.82) is 0 Å². The summed E-state index contributed by atoms with van der Waals surface area (Å²) in [5.41, 5.74) is 3.41. The molecule has 15 nitrogen and oxygen atoms in total. The van der Waals surface area contributed by atoms with E-state index < -0.39 is 42.3 Å². The third-order valence-corrected chi connectivity index (χ3v) is 10.4. The first-order valence-electron chi connectivity index (χ1n) is 19.0. The number of hydrogen-bond acceptors (Lipinski definition) is 11. The summed E-state index contributed by atoms with van der Waals surface area (Å²) in [7, 11) is 0. The number of amides is 3. The molecule has 3 amide bonds. The van der Waals surface area contributed by atoms with Crippen molar-refractivity contribution in [2.24, 2.45) is 0 Å². The Bertz CT molecular complexity index is 2160. The predicted octanol–water partition coefficient (Wildman–Crippen LogP) is 4.22. The van der Waals surface area contributed by atoms with Crippen LogP contribution in [0.4, 0.5) is 29.7 Å². The highest BCUT2D eigenvalue weighted by Crippen LogP contribution is 2.38. The van der Waals surface area contributed by atoms with Gasteiger partial charge in [-0.25, -0.2) is 14.6 Å². The summed E-state index contributed by atoms with van der Waals surface area (Å²) in [6.07, 6.45) is -3.51. The van der Waals surface area contributed by atoms with Crippen LogP contribution in [0.25, 0.3) is 11.2 Å². The summed E-state index contributed by atoms with van der Waals surface area (Å²) in [6.45, 7) is 3.06. The maximum absolute atomic E-state index is 13.5. The topological polar surface area (TPSA) is 189 Å². The second kappa shape index (κ2) is 17.5. The van der Waals surface area contributed by atoms with Gasteiger partial charge in [0.2, 0.25) is 11.9 Å². The van der Waals surface area contributed by atoms with Crippen molar-refractivity contribution in [1.82, 2.24) is 40.5 Å². The first kappa shape index (κ1) is 39.9. The number of alkyl halides is 3. The van der Waals surface area contributed by atoms with Gasteiger partial charge in [0.15, 0.2) is 23.1 Å². The summed E-state index contributed by atoms with van der Waals surface area (Å²) in [4.78, 5) is 57.7. The average Bonchev–Trinajstić information content (AvgIpc) is 3.95. The van der Waals surface area contributed by atoms with E-state index in [0.29, 0.717) is 38.4 Å². The third-order valence-electron chi connectivity index (χ3n) is 10.4. The van der Waals surface area contributed by atoms with Crippen molar-refractivity contribution >= 4 is 40.8 Å². The van der Waals surface area contributed by atoms with Crippen LogP contribution in [-0.2, 0) is 20.9 Å². The van der Waals surface area contributed by atoms with Gasteiger partial charge >= 0.3 is 18.2 Å². The minimum absolute atomic E-state index is 0.0608. The van der Waals surface area contributed by atoms with E-state index in [1.807, 2.05) is 71.6 Å². The van der Waals surface area contributed by atoms with Crippen LogP contribution < -0.4 is 26.2 Å². The van der Waals surface area contributed by atoms with E-state index in [0.717, 1.165) is 16.7 Å². The quantitative estimate of drug-likeness (QED) is 0.107. The van der Waals surface area contributed by atoms with Crippen LogP contribution >= 0.6 is 0 Å². The Morgan fingerprint density at radius 1 is 0.983 bits per heavy atom. The Morgan fingerprint density at radius 3 is 2.36 bits per heavy atom. The number of urea groups is 1. The molecule has 2 aromatic carbocycles. The van der Waals surface area contributed by atoms with Gasteiger partial charge in [-0.1, -0.05) is 73.7 Å². The molecule has 304 valence electrons. The Balaban J connectivity index is 1.21. The number of anilines is 2. The van der Waals surface area contributed by atoms with E-state index in [4.69, 9.17) is 14.7 Å². The number of rotatable bonds is 13. The van der Waals surface area contributed by atoms with Gasteiger partial charge < -0.3 is 40.6 Å². The van der Waals surface area contributed by atoms with Gasteiger partial charge in [0, 0.05) is 57.0 Å². The molecule has 2 fully saturated rings. The lowest BCUT2D eigenvalue weighted by Crippen LogP contribution is -2.45. The highest BCUT2D eigenvalue weighted by atomic mass is 19.4. The van der Waals surface area contributed by atoms with Crippen molar-refractivity contribution in [3.63, 3.8) is 0 Å². The number of ether oxygens (including phenoxy) is 1. The predicted molar refractivity (Wildman–Crippen MR) is 207 cm³/mol. The van der Waals surface area contributed by atoms with E-state index in [1.165, 1.54) is 10.9 Å². The van der Waals surface area contributed by atoms with Gasteiger partial charge in [-0.15, -0.1) is 0 Å². The number of aliphatic hydroxyl groups excluding tert-OH is 1. The van der Waals surface area contributed by atoms with Crippen LogP contribution in [0.3, 0.4) is 0 Å². The number of pyridine rings is 1. The molecule has 0 bridgehead atoms. The Kier molecular flexibility index (Phi) is 12.0. The number of benzene rings is 2. The number of carbonyl (C=O) groups excluding carboxylic acids is 3. The lowest BCUT2D eigenvalue weighted by atomic mass is 9.91. The number of halogens is 3. The standard InChI is InChI=1S/C40H43F3N10O5/c1-2-31(54)49-29-18-30(34(33(29)55)58-37(56)40(41,42)43)53-23-47-32-35(45-21-28(25-11-5-3-6-12-25)26-13-7-4-8-14-26)50-38(51-36(32)53)52-17-15-27(22-52)48-39(57)46-20-24-10-9-16-44-19-24/h3-14,16,19,23,27-30,33-34,55H,2,15,17-18,20-22H2,1H3,(H,49,54)(H,45,50,51)(H2,46,48,57)/t27-,29+,30-,33-,34+/m1/s1. The third kappa shape index (κ3) is 9.12. The molecule has 0 spiro atoms. The molecule has 4 heterocycles. The Morgan fingerprint density at radius 2 is 1.71 bits per heavy atom. The lowest BCUT2D eigenvalue weighted by Gasteiger charge is -2.25. The smallest absolute Gasteiger partial charge is 0.451 e. The van der Waals surface area contributed by atoms with Crippen molar-refractivity contribution in [3.05, 3.63) is 108 Å². The molecule has 1 saturated heterocycles. The van der Waals surface area contributed by atoms with Crippen LogP contribution in [0, 0.1) is 0 Å². The van der Waals surface area contributed by atoms with Gasteiger partial charge in [0.1, 0.15) is 6.10 Å². The van der Waals surface area contributed by atoms with E-state index in [2.05, 4.69) is 31.2 Å². The van der Waals surface area contributed by atoms with Crippen molar-refractivity contribution in [2.45, 2.75) is 75.2 Å². The number of aromatic nitrogens is 5. The minimum Gasteiger partial charge on any atom is -0.451 e. The molecule has 3 aromatic heterocycles.